The number of nitrogens with zero attached hydrogens (tertiary/aromatic N) is 2. The standard InChI is InChI=1S/C19H17ClF2N4O/c1-2-12-7-17(23-6-5-11-3-4-18(27)24-10-11)26-19(25-12)13-8-16(22)14(20)9-15(13)21/h3-4,7-10H,2,5-6H2,1H3,(H,24,27)(H,23,25,26). The molecule has 0 aliphatic rings. The highest BCUT2D eigenvalue weighted by molar-refractivity contribution is 6.30. The minimum Gasteiger partial charge on any atom is -0.370 e. The van der Waals surface area contributed by atoms with Crippen LogP contribution in [0, 0.1) is 11.6 Å². The average Bonchev–Trinajstić information content (AvgIpc) is 2.66. The van der Waals surface area contributed by atoms with Gasteiger partial charge in [-0.3, -0.25) is 4.79 Å². The van der Waals surface area contributed by atoms with Crippen molar-refractivity contribution < 1.29 is 8.78 Å². The van der Waals surface area contributed by atoms with E-state index in [1.165, 1.54) is 6.07 Å². The van der Waals surface area contributed by atoms with E-state index in [1.54, 1.807) is 18.3 Å². The van der Waals surface area contributed by atoms with Crippen molar-refractivity contribution in [3.05, 3.63) is 74.8 Å². The summed E-state index contributed by atoms with van der Waals surface area (Å²) in [6, 6.07) is 6.88. The molecule has 0 radical (unpaired) electrons. The van der Waals surface area contributed by atoms with Gasteiger partial charge >= 0.3 is 0 Å². The molecule has 0 amide bonds. The number of rotatable bonds is 6. The Labute approximate surface area is 159 Å². The van der Waals surface area contributed by atoms with Gasteiger partial charge in [-0.2, -0.15) is 0 Å². The van der Waals surface area contributed by atoms with Crippen molar-refractivity contribution in [3.8, 4) is 11.4 Å². The highest BCUT2D eigenvalue weighted by Crippen LogP contribution is 2.26. The van der Waals surface area contributed by atoms with E-state index in [1.807, 2.05) is 6.92 Å². The van der Waals surface area contributed by atoms with Crippen LogP contribution in [-0.2, 0) is 12.8 Å². The summed E-state index contributed by atoms with van der Waals surface area (Å²) < 4.78 is 28.0. The molecule has 8 heteroatoms. The monoisotopic (exact) mass is 390 g/mol. The van der Waals surface area contributed by atoms with Crippen LogP contribution in [-0.4, -0.2) is 21.5 Å². The third-order valence-corrected chi connectivity index (χ3v) is 4.25. The molecule has 3 aromatic rings. The van der Waals surface area contributed by atoms with Crippen LogP contribution in [0.15, 0.2) is 41.3 Å². The minimum absolute atomic E-state index is 0.0455. The molecule has 0 aliphatic carbocycles. The molecule has 0 saturated heterocycles. The lowest BCUT2D eigenvalue weighted by molar-refractivity contribution is 0.602. The van der Waals surface area contributed by atoms with Crippen molar-refractivity contribution in [1.29, 1.82) is 0 Å². The third-order valence-electron chi connectivity index (χ3n) is 3.96. The van der Waals surface area contributed by atoms with Crippen molar-refractivity contribution >= 4 is 17.4 Å². The zero-order chi connectivity index (χ0) is 19.4. The Morgan fingerprint density at radius 1 is 1.15 bits per heavy atom. The van der Waals surface area contributed by atoms with Crippen molar-refractivity contribution in [1.82, 2.24) is 15.0 Å². The van der Waals surface area contributed by atoms with Crippen LogP contribution in [0.3, 0.4) is 0 Å². The Bertz CT molecular complexity index is 1000. The zero-order valence-corrected chi connectivity index (χ0v) is 15.3. The fourth-order valence-corrected chi connectivity index (χ4v) is 2.67. The summed E-state index contributed by atoms with van der Waals surface area (Å²) in [5.74, 6) is -0.815. The van der Waals surface area contributed by atoms with Gasteiger partial charge < -0.3 is 10.3 Å². The van der Waals surface area contributed by atoms with Crippen LogP contribution < -0.4 is 10.9 Å². The lowest BCUT2D eigenvalue weighted by atomic mass is 10.1. The van der Waals surface area contributed by atoms with E-state index in [4.69, 9.17) is 11.6 Å². The van der Waals surface area contributed by atoms with Gasteiger partial charge in [-0.25, -0.2) is 18.7 Å². The van der Waals surface area contributed by atoms with Gasteiger partial charge in [0.15, 0.2) is 5.82 Å². The van der Waals surface area contributed by atoms with Crippen LogP contribution in [0.2, 0.25) is 5.02 Å². The van der Waals surface area contributed by atoms with Crippen LogP contribution >= 0.6 is 11.6 Å². The van der Waals surface area contributed by atoms with Gasteiger partial charge in [0.2, 0.25) is 5.56 Å². The van der Waals surface area contributed by atoms with Crippen molar-refractivity contribution in [2.45, 2.75) is 19.8 Å². The Morgan fingerprint density at radius 3 is 2.67 bits per heavy atom. The van der Waals surface area contributed by atoms with Gasteiger partial charge in [0, 0.05) is 30.6 Å². The molecule has 3 rings (SSSR count). The predicted octanol–water partition coefficient (Wildman–Crippen LogP) is 3.98. The predicted molar refractivity (Wildman–Crippen MR) is 101 cm³/mol. The van der Waals surface area contributed by atoms with Gasteiger partial charge in [0.05, 0.1) is 10.6 Å². The SMILES string of the molecule is CCc1cc(NCCc2ccc(=O)[nH]c2)nc(-c2cc(F)c(Cl)cc2F)n1. The fourth-order valence-electron chi connectivity index (χ4n) is 2.52. The molecule has 0 saturated carbocycles. The van der Waals surface area contributed by atoms with Crippen LogP contribution in [0.25, 0.3) is 11.4 Å². The van der Waals surface area contributed by atoms with E-state index in [2.05, 4.69) is 20.3 Å². The van der Waals surface area contributed by atoms with Crippen molar-refractivity contribution in [3.63, 3.8) is 0 Å². The number of hydrogen-bond donors (Lipinski definition) is 2. The zero-order valence-electron chi connectivity index (χ0n) is 14.5. The molecule has 2 N–H and O–H groups in total. The third kappa shape index (κ3) is 4.68. The molecular weight excluding hydrogens is 374 g/mol. The first kappa shape index (κ1) is 19.0. The number of nitrogens with one attached hydrogen (secondary N) is 2. The van der Waals surface area contributed by atoms with Gasteiger partial charge in [0.25, 0.3) is 0 Å². The summed E-state index contributed by atoms with van der Waals surface area (Å²) in [5.41, 5.74) is 1.45. The van der Waals surface area contributed by atoms with Gasteiger partial charge in [0.1, 0.15) is 17.5 Å². The number of benzene rings is 1. The number of aryl methyl sites for hydroxylation is 1. The van der Waals surface area contributed by atoms with E-state index in [-0.39, 0.29) is 22.0 Å². The quantitative estimate of drug-likeness (QED) is 0.624. The Balaban J connectivity index is 1.82. The Kier molecular flexibility index (Phi) is 5.81. The average molecular weight is 391 g/mol. The topological polar surface area (TPSA) is 70.7 Å². The van der Waals surface area contributed by atoms with Gasteiger partial charge in [-0.1, -0.05) is 24.6 Å². The number of H-pyrrole nitrogens is 1. The number of halogens is 3. The van der Waals surface area contributed by atoms with E-state index in [0.717, 1.165) is 17.7 Å². The molecule has 0 aliphatic heterocycles. The maximum absolute atomic E-state index is 14.2. The van der Waals surface area contributed by atoms with E-state index >= 15 is 0 Å². The minimum atomic E-state index is -0.730. The van der Waals surface area contributed by atoms with Crippen LogP contribution in [0.1, 0.15) is 18.2 Å². The molecule has 140 valence electrons. The first-order chi connectivity index (χ1) is 13.0. The lowest BCUT2D eigenvalue weighted by Gasteiger charge is -2.10. The molecule has 0 bridgehead atoms. The second kappa shape index (κ2) is 8.26. The fraction of sp³-hybridized carbons (Fsp3) is 0.211. The van der Waals surface area contributed by atoms with E-state index in [0.29, 0.717) is 30.9 Å². The first-order valence-corrected chi connectivity index (χ1v) is 8.78. The Hall–Kier alpha value is -2.80. The normalized spacial score (nSPS) is 10.8. The molecule has 0 atom stereocenters. The van der Waals surface area contributed by atoms with Gasteiger partial charge in [-0.05, 0) is 30.5 Å². The number of aromatic nitrogens is 3. The number of anilines is 1. The van der Waals surface area contributed by atoms with E-state index in [9.17, 15) is 13.6 Å². The van der Waals surface area contributed by atoms with Gasteiger partial charge in [-0.15, -0.1) is 0 Å². The first-order valence-electron chi connectivity index (χ1n) is 8.40. The molecule has 1 aromatic carbocycles. The summed E-state index contributed by atoms with van der Waals surface area (Å²) in [4.78, 5) is 22.3. The van der Waals surface area contributed by atoms with Crippen molar-refractivity contribution in [2.75, 3.05) is 11.9 Å². The molecule has 2 aromatic heterocycles. The van der Waals surface area contributed by atoms with E-state index < -0.39 is 11.6 Å². The highest BCUT2D eigenvalue weighted by Gasteiger charge is 2.14. The molecule has 27 heavy (non-hydrogen) atoms. The number of hydrogen-bond acceptors (Lipinski definition) is 4. The largest absolute Gasteiger partial charge is 0.370 e. The Morgan fingerprint density at radius 2 is 1.96 bits per heavy atom. The second-order valence-electron chi connectivity index (χ2n) is 5.91. The maximum Gasteiger partial charge on any atom is 0.247 e. The lowest BCUT2D eigenvalue weighted by Crippen LogP contribution is -2.10. The molecule has 0 unspecified atom stereocenters. The summed E-state index contributed by atoms with van der Waals surface area (Å²) in [6.45, 7) is 2.46. The summed E-state index contributed by atoms with van der Waals surface area (Å²) in [7, 11) is 0. The number of pyridine rings is 1. The van der Waals surface area contributed by atoms with Crippen LogP contribution in [0.4, 0.5) is 14.6 Å². The maximum atomic E-state index is 14.2. The van der Waals surface area contributed by atoms with Crippen LogP contribution in [0.5, 0.6) is 0 Å². The molecular formula is C19H17ClF2N4O. The summed E-state index contributed by atoms with van der Waals surface area (Å²) >= 11 is 5.61. The van der Waals surface area contributed by atoms with Crippen molar-refractivity contribution in [2.24, 2.45) is 0 Å². The second-order valence-corrected chi connectivity index (χ2v) is 6.31. The molecule has 2 heterocycles. The summed E-state index contributed by atoms with van der Waals surface area (Å²) in [5, 5.41) is 2.86. The number of aromatic amines is 1. The summed E-state index contributed by atoms with van der Waals surface area (Å²) in [6.07, 6.45) is 2.92. The highest BCUT2D eigenvalue weighted by atomic mass is 35.5. The molecule has 0 spiro atoms. The molecule has 0 fully saturated rings. The molecule has 5 nitrogen and oxygen atoms in total. The smallest absolute Gasteiger partial charge is 0.247 e.